The third kappa shape index (κ3) is 3.06. The maximum Gasteiger partial charge on any atom is 0.341 e. The number of methoxy groups -OCH3 is 1. The minimum atomic E-state index is -1.08. The quantitative estimate of drug-likeness (QED) is 0.739. The van der Waals surface area contributed by atoms with Crippen molar-refractivity contribution in [3.63, 3.8) is 0 Å². The zero-order valence-electron chi connectivity index (χ0n) is 8.97. The minimum absolute atomic E-state index is 0.0218. The zero-order chi connectivity index (χ0) is 12.0. The van der Waals surface area contributed by atoms with Gasteiger partial charge in [-0.15, -0.1) is 0 Å². The van der Waals surface area contributed by atoms with Gasteiger partial charge in [-0.2, -0.15) is 0 Å². The summed E-state index contributed by atoms with van der Waals surface area (Å²) in [7, 11) is 1.54. The van der Waals surface area contributed by atoms with Gasteiger partial charge < -0.3 is 14.6 Å². The number of hydrogen-bond acceptors (Lipinski definition) is 4. The van der Waals surface area contributed by atoms with Gasteiger partial charge in [-0.1, -0.05) is 12.7 Å². The number of nitrogens with zero attached hydrogens (tertiary/aromatic N) is 1. The summed E-state index contributed by atoms with van der Waals surface area (Å²) >= 11 is 0. The van der Waals surface area contributed by atoms with Crippen LogP contribution in [0.2, 0.25) is 0 Å². The molecule has 1 rings (SSSR count). The van der Waals surface area contributed by atoms with Gasteiger partial charge in [0.1, 0.15) is 12.2 Å². The molecule has 1 heterocycles. The van der Waals surface area contributed by atoms with Crippen molar-refractivity contribution in [2.75, 3.05) is 20.3 Å². The highest BCUT2D eigenvalue weighted by atomic mass is 16.5. The van der Waals surface area contributed by atoms with Crippen molar-refractivity contribution < 1.29 is 19.4 Å². The van der Waals surface area contributed by atoms with Crippen molar-refractivity contribution in [2.24, 2.45) is 0 Å². The molecule has 5 heteroatoms. The number of carbonyl (C=O) groups is 1. The van der Waals surface area contributed by atoms with E-state index in [1.54, 1.807) is 0 Å². The fraction of sp³-hybridized carbons (Fsp3) is 0.273. The Labute approximate surface area is 93.3 Å². The van der Waals surface area contributed by atoms with Gasteiger partial charge in [-0.3, -0.25) is 0 Å². The molecular weight excluding hydrogens is 210 g/mol. The van der Waals surface area contributed by atoms with Crippen LogP contribution >= 0.6 is 0 Å². The molecule has 0 saturated heterocycles. The number of ether oxygens (including phenoxy) is 2. The number of hydrogen-bond donors (Lipinski definition) is 1. The van der Waals surface area contributed by atoms with E-state index in [9.17, 15) is 4.79 Å². The lowest BCUT2D eigenvalue weighted by Gasteiger charge is -2.07. The van der Waals surface area contributed by atoms with E-state index >= 15 is 0 Å². The van der Waals surface area contributed by atoms with Gasteiger partial charge in [0.2, 0.25) is 5.88 Å². The Morgan fingerprint density at radius 2 is 2.38 bits per heavy atom. The van der Waals surface area contributed by atoms with E-state index < -0.39 is 5.97 Å². The molecule has 0 aromatic carbocycles. The van der Waals surface area contributed by atoms with Gasteiger partial charge in [0.25, 0.3) is 0 Å². The predicted molar refractivity (Wildman–Crippen MR) is 58.7 cm³/mol. The Hall–Kier alpha value is -1.88. The van der Waals surface area contributed by atoms with Crippen LogP contribution in [0.5, 0.6) is 5.88 Å². The smallest absolute Gasteiger partial charge is 0.341 e. The van der Waals surface area contributed by atoms with Crippen molar-refractivity contribution in [3.8, 4) is 5.88 Å². The normalized spacial score (nSPS) is 9.81. The van der Waals surface area contributed by atoms with Crippen molar-refractivity contribution in [3.05, 3.63) is 30.0 Å². The fourth-order valence-corrected chi connectivity index (χ4v) is 1.07. The molecule has 1 aromatic heterocycles. The van der Waals surface area contributed by atoms with E-state index in [1.807, 2.05) is 0 Å². The summed E-state index contributed by atoms with van der Waals surface area (Å²) in [5.41, 5.74) is 0.657. The van der Waals surface area contributed by atoms with E-state index in [0.29, 0.717) is 12.2 Å². The lowest BCUT2D eigenvalue weighted by molar-refractivity contribution is 0.0688. The first-order valence-electron chi connectivity index (χ1n) is 4.66. The van der Waals surface area contributed by atoms with Crippen LogP contribution in [-0.4, -0.2) is 36.4 Å². The third-order valence-corrected chi connectivity index (χ3v) is 1.86. The molecule has 0 aliphatic carbocycles. The Balaban J connectivity index is 2.89. The second-order valence-corrected chi connectivity index (χ2v) is 2.97. The molecule has 5 nitrogen and oxygen atoms in total. The summed E-state index contributed by atoms with van der Waals surface area (Å²) in [6.45, 7) is 4.18. The van der Waals surface area contributed by atoms with Gasteiger partial charge in [-0.25, -0.2) is 9.78 Å². The first-order chi connectivity index (χ1) is 7.69. The first kappa shape index (κ1) is 12.2. The molecule has 0 spiro atoms. The van der Waals surface area contributed by atoms with E-state index in [0.717, 1.165) is 0 Å². The SMILES string of the molecule is C=Cc1cnc(OCCOC)c(C(=O)O)c1. The molecule has 0 saturated carbocycles. The molecule has 0 aliphatic rings. The number of carboxylic acids is 1. The van der Waals surface area contributed by atoms with Crippen LogP contribution in [0.3, 0.4) is 0 Å². The second-order valence-electron chi connectivity index (χ2n) is 2.97. The van der Waals surface area contributed by atoms with E-state index in [4.69, 9.17) is 14.6 Å². The van der Waals surface area contributed by atoms with Crippen LogP contribution in [0.25, 0.3) is 6.08 Å². The van der Waals surface area contributed by atoms with Crippen molar-refractivity contribution >= 4 is 12.0 Å². The van der Waals surface area contributed by atoms with Gasteiger partial charge in [0, 0.05) is 13.3 Å². The molecular formula is C11H13NO4. The van der Waals surface area contributed by atoms with Crippen LogP contribution in [0, 0.1) is 0 Å². The topological polar surface area (TPSA) is 68.7 Å². The van der Waals surface area contributed by atoms with Crippen LogP contribution < -0.4 is 4.74 Å². The number of carboxylic acid groups (broad SMARTS) is 1. The highest BCUT2D eigenvalue weighted by Crippen LogP contribution is 2.17. The lowest BCUT2D eigenvalue weighted by atomic mass is 10.2. The standard InChI is InChI=1S/C11H13NO4/c1-3-8-6-9(11(13)14)10(12-7-8)16-5-4-15-2/h3,6-7H,1,4-5H2,2H3,(H,13,14). The molecule has 16 heavy (non-hydrogen) atoms. The first-order valence-corrected chi connectivity index (χ1v) is 4.66. The van der Waals surface area contributed by atoms with Crippen LogP contribution in [0.1, 0.15) is 15.9 Å². The number of aromatic nitrogens is 1. The lowest BCUT2D eigenvalue weighted by Crippen LogP contribution is -2.09. The zero-order valence-corrected chi connectivity index (χ0v) is 8.97. The van der Waals surface area contributed by atoms with Crippen LogP contribution in [0.4, 0.5) is 0 Å². The molecule has 1 aromatic rings. The van der Waals surface area contributed by atoms with E-state index in [2.05, 4.69) is 11.6 Å². The van der Waals surface area contributed by atoms with Gasteiger partial charge in [-0.05, 0) is 11.6 Å². The Morgan fingerprint density at radius 1 is 1.62 bits per heavy atom. The van der Waals surface area contributed by atoms with Crippen molar-refractivity contribution in [1.82, 2.24) is 4.98 Å². The molecule has 0 amide bonds. The van der Waals surface area contributed by atoms with Gasteiger partial charge in [0.15, 0.2) is 0 Å². The maximum absolute atomic E-state index is 10.9. The summed E-state index contributed by atoms with van der Waals surface area (Å²) < 4.78 is 9.98. The highest BCUT2D eigenvalue weighted by molar-refractivity contribution is 5.90. The average Bonchev–Trinajstić information content (AvgIpc) is 2.29. The molecule has 0 unspecified atom stereocenters. The Morgan fingerprint density at radius 3 is 2.94 bits per heavy atom. The number of pyridine rings is 1. The molecule has 0 atom stereocenters. The molecule has 0 fully saturated rings. The molecule has 86 valence electrons. The van der Waals surface area contributed by atoms with E-state index in [-0.39, 0.29) is 18.1 Å². The number of rotatable bonds is 6. The summed E-state index contributed by atoms with van der Waals surface area (Å²) in [6, 6.07) is 1.46. The van der Waals surface area contributed by atoms with Gasteiger partial charge in [0.05, 0.1) is 6.61 Å². The minimum Gasteiger partial charge on any atom is -0.477 e. The maximum atomic E-state index is 10.9. The summed E-state index contributed by atoms with van der Waals surface area (Å²) in [6.07, 6.45) is 3.03. The average molecular weight is 223 g/mol. The second kappa shape index (κ2) is 5.87. The van der Waals surface area contributed by atoms with E-state index in [1.165, 1.54) is 25.4 Å². The highest BCUT2D eigenvalue weighted by Gasteiger charge is 2.13. The monoisotopic (exact) mass is 223 g/mol. The molecule has 0 radical (unpaired) electrons. The Kier molecular flexibility index (Phi) is 4.47. The van der Waals surface area contributed by atoms with Crippen molar-refractivity contribution in [1.29, 1.82) is 0 Å². The molecule has 0 aliphatic heterocycles. The third-order valence-electron chi connectivity index (χ3n) is 1.86. The summed E-state index contributed by atoms with van der Waals surface area (Å²) in [4.78, 5) is 14.8. The van der Waals surface area contributed by atoms with Crippen LogP contribution in [-0.2, 0) is 4.74 Å². The molecule has 1 N–H and O–H groups in total. The predicted octanol–water partition coefficient (Wildman–Crippen LogP) is 1.45. The molecule has 0 bridgehead atoms. The van der Waals surface area contributed by atoms with Crippen LogP contribution in [0.15, 0.2) is 18.8 Å². The summed E-state index contributed by atoms with van der Waals surface area (Å²) in [5.74, 6) is -0.987. The Bertz CT molecular complexity index is 390. The fourth-order valence-electron chi connectivity index (χ4n) is 1.07. The van der Waals surface area contributed by atoms with Crippen molar-refractivity contribution in [2.45, 2.75) is 0 Å². The summed E-state index contributed by atoms with van der Waals surface area (Å²) in [5, 5.41) is 8.96. The number of aromatic carboxylic acids is 1. The van der Waals surface area contributed by atoms with Gasteiger partial charge >= 0.3 is 5.97 Å². The largest absolute Gasteiger partial charge is 0.477 e.